The Morgan fingerprint density at radius 2 is 2.27 bits per heavy atom. The average Bonchev–Trinajstić information content (AvgIpc) is 2.29. The van der Waals surface area contributed by atoms with Crippen LogP contribution in [0.15, 0.2) is 30.5 Å². The SMILES string of the molecule is CCSOc1ccc(Cl)c2cccnc12. The molecule has 2 rings (SSSR count). The summed E-state index contributed by atoms with van der Waals surface area (Å²) in [5.74, 6) is 1.67. The minimum absolute atomic E-state index is 0.701. The summed E-state index contributed by atoms with van der Waals surface area (Å²) in [5, 5.41) is 1.63. The monoisotopic (exact) mass is 239 g/mol. The lowest BCUT2D eigenvalue weighted by Gasteiger charge is -2.06. The van der Waals surface area contributed by atoms with Crippen LogP contribution >= 0.6 is 23.6 Å². The van der Waals surface area contributed by atoms with E-state index < -0.39 is 0 Å². The van der Waals surface area contributed by atoms with Gasteiger partial charge in [0.05, 0.1) is 17.1 Å². The molecule has 0 aliphatic heterocycles. The Morgan fingerprint density at radius 1 is 1.40 bits per heavy atom. The topological polar surface area (TPSA) is 22.1 Å². The van der Waals surface area contributed by atoms with E-state index in [0.717, 1.165) is 22.4 Å². The van der Waals surface area contributed by atoms with Crippen LogP contribution in [-0.2, 0) is 0 Å². The lowest BCUT2D eigenvalue weighted by Crippen LogP contribution is -1.87. The van der Waals surface area contributed by atoms with E-state index in [1.165, 1.54) is 12.0 Å². The molecule has 0 fully saturated rings. The van der Waals surface area contributed by atoms with Crippen molar-refractivity contribution in [3.05, 3.63) is 35.5 Å². The standard InChI is InChI=1S/C11H10ClNOS/c1-2-15-14-10-6-5-9(12)8-4-3-7-13-11(8)10/h3-7H,2H2,1H3. The van der Waals surface area contributed by atoms with Gasteiger partial charge in [0.1, 0.15) is 5.52 Å². The van der Waals surface area contributed by atoms with Gasteiger partial charge in [-0.25, -0.2) is 0 Å². The van der Waals surface area contributed by atoms with Crippen LogP contribution in [0.2, 0.25) is 5.02 Å². The van der Waals surface area contributed by atoms with E-state index in [1.54, 1.807) is 6.20 Å². The van der Waals surface area contributed by atoms with Gasteiger partial charge in [-0.15, -0.1) is 0 Å². The van der Waals surface area contributed by atoms with Crippen molar-refractivity contribution in [2.75, 3.05) is 5.75 Å². The molecule has 0 saturated heterocycles. The summed E-state index contributed by atoms with van der Waals surface area (Å²) in [6.45, 7) is 2.04. The molecule has 0 bridgehead atoms. The van der Waals surface area contributed by atoms with Crippen LogP contribution < -0.4 is 4.18 Å². The van der Waals surface area contributed by atoms with Crippen LogP contribution in [0.4, 0.5) is 0 Å². The maximum Gasteiger partial charge on any atom is 0.163 e. The fourth-order valence-corrected chi connectivity index (χ4v) is 1.90. The molecular formula is C11H10ClNOS. The Labute approximate surface area is 97.8 Å². The smallest absolute Gasteiger partial charge is 0.163 e. The molecule has 0 unspecified atom stereocenters. The third-order valence-electron chi connectivity index (χ3n) is 1.95. The van der Waals surface area contributed by atoms with E-state index in [4.69, 9.17) is 15.8 Å². The molecule has 2 aromatic rings. The predicted molar refractivity (Wildman–Crippen MR) is 65.5 cm³/mol. The fraction of sp³-hybridized carbons (Fsp3) is 0.182. The Bertz CT molecular complexity index is 475. The summed E-state index contributed by atoms with van der Waals surface area (Å²) < 4.78 is 5.52. The third-order valence-corrected chi connectivity index (χ3v) is 2.81. The van der Waals surface area contributed by atoms with Crippen LogP contribution in [0.25, 0.3) is 10.9 Å². The van der Waals surface area contributed by atoms with E-state index >= 15 is 0 Å². The highest BCUT2D eigenvalue weighted by Gasteiger charge is 2.06. The summed E-state index contributed by atoms with van der Waals surface area (Å²) in [6.07, 6.45) is 1.74. The second-order valence-corrected chi connectivity index (χ2v) is 4.32. The van der Waals surface area contributed by atoms with E-state index in [2.05, 4.69) is 4.98 Å². The Hall–Kier alpha value is -0.930. The first-order chi connectivity index (χ1) is 7.33. The van der Waals surface area contributed by atoms with Crippen LogP contribution in [0.1, 0.15) is 6.92 Å². The summed E-state index contributed by atoms with van der Waals surface area (Å²) >= 11 is 7.46. The zero-order valence-corrected chi connectivity index (χ0v) is 9.81. The molecule has 0 aliphatic rings. The number of nitrogens with zero attached hydrogens (tertiary/aromatic N) is 1. The molecule has 0 amide bonds. The first-order valence-corrected chi connectivity index (χ1v) is 5.94. The van der Waals surface area contributed by atoms with E-state index in [9.17, 15) is 0 Å². The van der Waals surface area contributed by atoms with Gasteiger partial charge >= 0.3 is 0 Å². The van der Waals surface area contributed by atoms with E-state index in [1.807, 2.05) is 31.2 Å². The number of hydrogen-bond donors (Lipinski definition) is 0. The molecule has 1 aromatic heterocycles. The fourth-order valence-electron chi connectivity index (χ4n) is 1.30. The Balaban J connectivity index is 2.51. The number of halogens is 1. The van der Waals surface area contributed by atoms with Crippen molar-refractivity contribution in [1.29, 1.82) is 0 Å². The molecule has 78 valence electrons. The molecule has 0 aliphatic carbocycles. The van der Waals surface area contributed by atoms with Gasteiger partial charge in [0.25, 0.3) is 0 Å². The van der Waals surface area contributed by atoms with Crippen LogP contribution in [0.3, 0.4) is 0 Å². The van der Waals surface area contributed by atoms with Crippen molar-refractivity contribution in [2.24, 2.45) is 0 Å². The van der Waals surface area contributed by atoms with Gasteiger partial charge in [0.2, 0.25) is 0 Å². The minimum atomic E-state index is 0.701. The van der Waals surface area contributed by atoms with E-state index in [0.29, 0.717) is 5.02 Å². The summed E-state index contributed by atoms with van der Waals surface area (Å²) in [4.78, 5) is 4.27. The minimum Gasteiger partial charge on any atom is -0.424 e. The number of rotatable bonds is 3. The van der Waals surface area contributed by atoms with Crippen molar-refractivity contribution < 1.29 is 4.18 Å². The van der Waals surface area contributed by atoms with Crippen LogP contribution in [0.5, 0.6) is 5.75 Å². The molecule has 0 radical (unpaired) electrons. The number of aromatic nitrogens is 1. The van der Waals surface area contributed by atoms with Crippen LogP contribution in [0, 0.1) is 0 Å². The van der Waals surface area contributed by atoms with Gasteiger partial charge in [0, 0.05) is 17.3 Å². The maximum absolute atomic E-state index is 6.06. The average molecular weight is 240 g/mol. The number of hydrogen-bond acceptors (Lipinski definition) is 3. The first kappa shape index (κ1) is 10.6. The molecule has 0 spiro atoms. The highest BCUT2D eigenvalue weighted by molar-refractivity contribution is 7.94. The van der Waals surface area contributed by atoms with Crippen molar-refractivity contribution in [3.8, 4) is 5.75 Å². The molecule has 0 atom stereocenters. The first-order valence-electron chi connectivity index (χ1n) is 4.65. The molecule has 0 N–H and O–H groups in total. The van der Waals surface area contributed by atoms with Gasteiger partial charge in [-0.05, 0) is 24.3 Å². The summed E-state index contributed by atoms with van der Waals surface area (Å²) in [6, 6.07) is 7.48. The zero-order valence-electron chi connectivity index (χ0n) is 8.24. The molecule has 0 saturated carbocycles. The van der Waals surface area contributed by atoms with Gasteiger partial charge in [0.15, 0.2) is 5.75 Å². The van der Waals surface area contributed by atoms with Crippen molar-refractivity contribution in [3.63, 3.8) is 0 Å². The molecule has 2 nitrogen and oxygen atoms in total. The molecule has 1 aromatic carbocycles. The number of pyridine rings is 1. The highest BCUT2D eigenvalue weighted by atomic mass is 35.5. The number of benzene rings is 1. The van der Waals surface area contributed by atoms with Crippen molar-refractivity contribution in [2.45, 2.75) is 6.92 Å². The normalized spacial score (nSPS) is 10.5. The van der Waals surface area contributed by atoms with E-state index in [-0.39, 0.29) is 0 Å². The van der Waals surface area contributed by atoms with Gasteiger partial charge < -0.3 is 4.18 Å². The molecule has 4 heteroatoms. The Morgan fingerprint density at radius 3 is 3.07 bits per heavy atom. The molecule has 1 heterocycles. The summed E-state index contributed by atoms with van der Waals surface area (Å²) in [5.41, 5.74) is 0.811. The lowest BCUT2D eigenvalue weighted by molar-refractivity contribution is 0.653. The van der Waals surface area contributed by atoms with Gasteiger partial charge in [-0.3, -0.25) is 4.98 Å². The van der Waals surface area contributed by atoms with Gasteiger partial charge in [-0.2, -0.15) is 0 Å². The van der Waals surface area contributed by atoms with Crippen LogP contribution in [-0.4, -0.2) is 10.7 Å². The summed E-state index contributed by atoms with van der Waals surface area (Å²) in [7, 11) is 0. The number of fused-ring (bicyclic) bond motifs is 1. The lowest BCUT2D eigenvalue weighted by atomic mass is 10.2. The van der Waals surface area contributed by atoms with Gasteiger partial charge in [-0.1, -0.05) is 18.5 Å². The third kappa shape index (κ3) is 2.19. The molecular weight excluding hydrogens is 230 g/mol. The Kier molecular flexibility index (Phi) is 3.34. The maximum atomic E-state index is 6.06. The second-order valence-electron chi connectivity index (χ2n) is 2.93. The zero-order chi connectivity index (χ0) is 10.7. The van der Waals surface area contributed by atoms with Crippen molar-refractivity contribution >= 4 is 34.5 Å². The molecule has 15 heavy (non-hydrogen) atoms. The largest absolute Gasteiger partial charge is 0.424 e. The highest BCUT2D eigenvalue weighted by Crippen LogP contribution is 2.31. The second kappa shape index (κ2) is 4.73. The quantitative estimate of drug-likeness (QED) is 0.758. The predicted octanol–water partition coefficient (Wildman–Crippen LogP) is 3.94. The van der Waals surface area contributed by atoms with Crippen molar-refractivity contribution in [1.82, 2.24) is 4.98 Å².